The van der Waals surface area contributed by atoms with Gasteiger partial charge in [0.1, 0.15) is 6.20 Å². The number of aromatic nitrogens is 2. The summed E-state index contributed by atoms with van der Waals surface area (Å²) in [4.78, 5) is 26.2. The van der Waals surface area contributed by atoms with E-state index in [0.717, 1.165) is 32.2 Å². The average molecular weight is 379 g/mol. The highest BCUT2D eigenvalue weighted by atomic mass is 16.6. The number of nitrogens with zero attached hydrogens (tertiary/aromatic N) is 5. The summed E-state index contributed by atoms with van der Waals surface area (Å²) in [6, 6.07) is 0. The maximum atomic E-state index is 11.6. The Kier molecular flexibility index (Phi) is 5.30. The normalized spacial score (nSPS) is 18.6. The Labute approximate surface area is 159 Å². The molecule has 1 aromatic heterocycles. The van der Waals surface area contributed by atoms with Gasteiger partial charge in [0.25, 0.3) is 0 Å². The monoisotopic (exact) mass is 379 g/mol. The van der Waals surface area contributed by atoms with Gasteiger partial charge in [-0.2, -0.15) is 5.10 Å². The van der Waals surface area contributed by atoms with E-state index < -0.39 is 11.6 Å². The zero-order valence-corrected chi connectivity index (χ0v) is 16.3. The van der Waals surface area contributed by atoms with Crippen LogP contribution in [0, 0.1) is 22.0 Å². The van der Waals surface area contributed by atoms with Crippen LogP contribution in [-0.2, 0) is 6.54 Å². The van der Waals surface area contributed by atoms with Crippen LogP contribution in [0.3, 0.4) is 0 Å². The van der Waals surface area contributed by atoms with E-state index >= 15 is 0 Å². The van der Waals surface area contributed by atoms with Gasteiger partial charge in [-0.3, -0.25) is 10.1 Å². The molecule has 1 saturated heterocycles. The zero-order chi connectivity index (χ0) is 19.8. The molecule has 0 bridgehead atoms. The van der Waals surface area contributed by atoms with Crippen LogP contribution in [0.2, 0.25) is 0 Å². The Bertz CT molecular complexity index is 699. The summed E-state index contributed by atoms with van der Waals surface area (Å²) in [5, 5.41) is 25.2. The predicted octanol–water partition coefficient (Wildman–Crippen LogP) is 3.20. The molecule has 2 fully saturated rings. The smallest absolute Gasteiger partial charge is 0.407 e. The lowest BCUT2D eigenvalue weighted by atomic mass is 9.94. The highest BCUT2D eigenvalue weighted by Gasteiger charge is 2.34. The van der Waals surface area contributed by atoms with Gasteiger partial charge in [0.05, 0.1) is 4.92 Å². The van der Waals surface area contributed by atoms with Crippen molar-refractivity contribution in [2.45, 2.75) is 58.5 Å². The van der Waals surface area contributed by atoms with Gasteiger partial charge in [0.2, 0.25) is 5.82 Å². The molecular formula is C18H29N5O4. The molecule has 0 aromatic carbocycles. The van der Waals surface area contributed by atoms with Gasteiger partial charge >= 0.3 is 11.8 Å². The molecule has 1 saturated carbocycles. The van der Waals surface area contributed by atoms with Gasteiger partial charge in [-0.25, -0.2) is 9.48 Å². The van der Waals surface area contributed by atoms with Crippen molar-refractivity contribution in [3.63, 3.8) is 0 Å². The van der Waals surface area contributed by atoms with Gasteiger partial charge in [-0.15, -0.1) is 0 Å². The Morgan fingerprint density at radius 2 is 1.93 bits per heavy atom. The summed E-state index contributed by atoms with van der Waals surface area (Å²) in [5.41, 5.74) is -0.374. The van der Waals surface area contributed by atoms with Gasteiger partial charge in [-0.1, -0.05) is 0 Å². The Balaban J connectivity index is 1.67. The largest absolute Gasteiger partial charge is 0.465 e. The van der Waals surface area contributed by atoms with Crippen molar-refractivity contribution in [1.29, 1.82) is 0 Å². The van der Waals surface area contributed by atoms with E-state index in [2.05, 4.69) is 5.10 Å². The SMILES string of the molecule is CC(C)(C)N(CC1CCN(c2c([N+](=O)[O-])cnn2CC2CC2)CC1)C(=O)O. The van der Waals surface area contributed by atoms with E-state index in [1.54, 1.807) is 4.68 Å². The van der Waals surface area contributed by atoms with Crippen molar-refractivity contribution in [1.82, 2.24) is 14.7 Å². The van der Waals surface area contributed by atoms with Crippen LogP contribution in [0.25, 0.3) is 0 Å². The molecular weight excluding hydrogens is 350 g/mol. The van der Waals surface area contributed by atoms with E-state index in [0.29, 0.717) is 31.4 Å². The summed E-state index contributed by atoms with van der Waals surface area (Å²) in [7, 11) is 0. The van der Waals surface area contributed by atoms with Gasteiger partial charge < -0.3 is 14.9 Å². The van der Waals surface area contributed by atoms with Crippen LogP contribution in [0.15, 0.2) is 6.20 Å². The number of rotatable bonds is 6. The van der Waals surface area contributed by atoms with Crippen molar-refractivity contribution < 1.29 is 14.8 Å². The number of hydrogen-bond donors (Lipinski definition) is 1. The lowest BCUT2D eigenvalue weighted by molar-refractivity contribution is -0.384. The second kappa shape index (κ2) is 7.36. The van der Waals surface area contributed by atoms with Gasteiger partial charge in [-0.05, 0) is 58.3 Å². The summed E-state index contributed by atoms with van der Waals surface area (Å²) >= 11 is 0. The lowest BCUT2D eigenvalue weighted by Crippen LogP contribution is -2.49. The molecule has 9 nitrogen and oxygen atoms in total. The molecule has 2 heterocycles. The first kappa shape index (κ1) is 19.4. The second-order valence-electron chi connectivity index (χ2n) is 8.73. The minimum atomic E-state index is -0.900. The maximum Gasteiger partial charge on any atom is 0.407 e. The molecule has 1 aliphatic carbocycles. The Morgan fingerprint density at radius 1 is 1.30 bits per heavy atom. The number of carbonyl (C=O) groups is 1. The molecule has 1 N–H and O–H groups in total. The average Bonchev–Trinajstić information content (AvgIpc) is 3.29. The molecule has 0 unspecified atom stereocenters. The van der Waals surface area contributed by atoms with Crippen LogP contribution < -0.4 is 4.90 Å². The van der Waals surface area contributed by atoms with Gasteiger partial charge in [0.15, 0.2) is 0 Å². The molecule has 0 spiro atoms. The molecule has 1 aromatic rings. The summed E-state index contributed by atoms with van der Waals surface area (Å²) in [5.74, 6) is 1.45. The first-order valence-corrected chi connectivity index (χ1v) is 9.62. The van der Waals surface area contributed by atoms with E-state index in [1.807, 2.05) is 25.7 Å². The van der Waals surface area contributed by atoms with Crippen LogP contribution >= 0.6 is 0 Å². The molecule has 27 heavy (non-hydrogen) atoms. The lowest BCUT2D eigenvalue weighted by Gasteiger charge is -2.39. The minimum Gasteiger partial charge on any atom is -0.465 e. The highest BCUT2D eigenvalue weighted by molar-refractivity contribution is 5.66. The molecule has 0 radical (unpaired) electrons. The number of hydrogen-bond acceptors (Lipinski definition) is 5. The Morgan fingerprint density at radius 3 is 2.41 bits per heavy atom. The fourth-order valence-electron chi connectivity index (χ4n) is 3.73. The third kappa shape index (κ3) is 4.51. The standard InChI is InChI=1S/C18H29N5O4/c1-18(2,3)21(17(24)25)11-14-6-8-20(9-7-14)16-15(23(26)27)10-19-22(16)12-13-4-5-13/h10,13-14H,4-9,11-12H2,1-3H3,(H,24,25). The molecule has 150 valence electrons. The Hall–Kier alpha value is -2.32. The fourth-order valence-corrected chi connectivity index (χ4v) is 3.73. The number of anilines is 1. The first-order chi connectivity index (χ1) is 12.7. The summed E-state index contributed by atoms with van der Waals surface area (Å²) < 4.78 is 1.79. The predicted molar refractivity (Wildman–Crippen MR) is 101 cm³/mol. The topological polar surface area (TPSA) is 105 Å². The van der Waals surface area contributed by atoms with Crippen LogP contribution in [0.1, 0.15) is 46.5 Å². The molecule has 9 heteroatoms. The number of piperidine rings is 1. The third-order valence-electron chi connectivity index (χ3n) is 5.51. The van der Waals surface area contributed by atoms with Gasteiger partial charge in [0, 0.05) is 31.7 Å². The van der Waals surface area contributed by atoms with Crippen molar-refractivity contribution in [3.8, 4) is 0 Å². The second-order valence-corrected chi connectivity index (χ2v) is 8.73. The van der Waals surface area contributed by atoms with E-state index in [4.69, 9.17) is 0 Å². The quantitative estimate of drug-likeness (QED) is 0.601. The molecule has 2 aliphatic rings. The van der Waals surface area contributed by atoms with Crippen molar-refractivity contribution in [2.75, 3.05) is 24.5 Å². The van der Waals surface area contributed by atoms with Crippen LogP contribution in [0.5, 0.6) is 0 Å². The van der Waals surface area contributed by atoms with E-state index in [9.17, 15) is 20.0 Å². The number of nitro groups is 1. The van der Waals surface area contributed by atoms with E-state index in [-0.39, 0.29) is 16.5 Å². The van der Waals surface area contributed by atoms with Crippen LogP contribution in [0.4, 0.5) is 16.3 Å². The molecule has 1 amide bonds. The molecule has 1 aliphatic heterocycles. The molecule has 3 rings (SSSR count). The van der Waals surface area contributed by atoms with Crippen molar-refractivity contribution in [3.05, 3.63) is 16.3 Å². The highest BCUT2D eigenvalue weighted by Crippen LogP contribution is 2.36. The van der Waals surface area contributed by atoms with Crippen molar-refractivity contribution in [2.24, 2.45) is 11.8 Å². The molecule has 0 atom stereocenters. The van der Waals surface area contributed by atoms with Crippen LogP contribution in [-0.4, -0.2) is 56.0 Å². The number of amides is 1. The summed E-state index contributed by atoms with van der Waals surface area (Å²) in [6.07, 6.45) is 4.40. The summed E-state index contributed by atoms with van der Waals surface area (Å²) in [6.45, 7) is 8.29. The number of carboxylic acid groups (broad SMARTS) is 1. The maximum absolute atomic E-state index is 11.6. The minimum absolute atomic E-state index is 0.0657. The first-order valence-electron chi connectivity index (χ1n) is 9.62. The van der Waals surface area contributed by atoms with E-state index in [1.165, 1.54) is 11.1 Å². The fraction of sp³-hybridized carbons (Fsp3) is 0.778. The zero-order valence-electron chi connectivity index (χ0n) is 16.3. The van der Waals surface area contributed by atoms with Crippen molar-refractivity contribution >= 4 is 17.6 Å². The third-order valence-corrected chi connectivity index (χ3v) is 5.51.